The van der Waals surface area contributed by atoms with Gasteiger partial charge in [0.1, 0.15) is 25.0 Å². The molecule has 17 heteroatoms. The monoisotopic (exact) mass is 796 g/mol. The number of amides is 4. The van der Waals surface area contributed by atoms with E-state index >= 15 is 0 Å². The number of hydrogen-bond acceptors (Lipinski definition) is 11. The summed E-state index contributed by atoms with van der Waals surface area (Å²) in [6.45, 7) is 5.10. The van der Waals surface area contributed by atoms with Crippen LogP contribution in [0.1, 0.15) is 101 Å². The van der Waals surface area contributed by atoms with Crippen LogP contribution < -0.4 is 26.0 Å². The minimum atomic E-state index is -1.20. The number of nitrogens with one attached hydrogen (secondary N) is 4. The lowest BCUT2D eigenvalue weighted by Gasteiger charge is -2.14. The Morgan fingerprint density at radius 2 is 1.09 bits per heavy atom. The van der Waals surface area contributed by atoms with Gasteiger partial charge in [-0.1, -0.05) is 51.9 Å². The molecule has 17 nitrogen and oxygen atoms in total. The molecule has 1 aromatic carbocycles. The maximum atomic E-state index is 12.3. The van der Waals surface area contributed by atoms with Crippen LogP contribution in [0.15, 0.2) is 24.3 Å². The van der Waals surface area contributed by atoms with Crippen molar-refractivity contribution in [3.63, 3.8) is 0 Å². The van der Waals surface area contributed by atoms with Crippen molar-refractivity contribution in [2.75, 3.05) is 79.1 Å². The van der Waals surface area contributed by atoms with Crippen molar-refractivity contribution in [3.05, 3.63) is 29.8 Å². The summed E-state index contributed by atoms with van der Waals surface area (Å²) < 4.78 is 26.9. The fourth-order valence-electron chi connectivity index (χ4n) is 5.04. The van der Waals surface area contributed by atoms with Crippen molar-refractivity contribution in [2.45, 2.75) is 96.4 Å². The van der Waals surface area contributed by atoms with Gasteiger partial charge in [-0.05, 0) is 49.9 Å². The highest BCUT2D eigenvalue weighted by Crippen LogP contribution is 2.14. The normalized spacial score (nSPS) is 11.4. The minimum absolute atomic E-state index is 0.0115. The molecule has 1 rings (SSSR count). The molecule has 1 unspecified atom stereocenters. The highest BCUT2D eigenvalue weighted by molar-refractivity contribution is 5.87. The molecule has 0 heterocycles. The SMILES string of the molecule is CCCCCNC(=O)COCCOCCNC(=O)COCCOCCNC(=O)CCC(NC(=O)CCCCCCCCCOc1ccc(C(=O)O)cc1)C(=O)O. The van der Waals surface area contributed by atoms with Gasteiger partial charge in [-0.3, -0.25) is 19.2 Å². The van der Waals surface area contributed by atoms with E-state index in [1.165, 1.54) is 12.1 Å². The molecule has 0 aromatic heterocycles. The summed E-state index contributed by atoms with van der Waals surface area (Å²) in [6, 6.07) is 5.15. The predicted molar refractivity (Wildman–Crippen MR) is 206 cm³/mol. The molecule has 0 aliphatic heterocycles. The molecule has 4 amide bonds. The maximum Gasteiger partial charge on any atom is 0.335 e. The highest BCUT2D eigenvalue weighted by Gasteiger charge is 2.20. The average molecular weight is 797 g/mol. The number of ether oxygens (including phenoxy) is 5. The lowest BCUT2D eigenvalue weighted by atomic mass is 10.1. The maximum absolute atomic E-state index is 12.3. The van der Waals surface area contributed by atoms with Crippen molar-refractivity contribution in [2.24, 2.45) is 0 Å². The van der Waals surface area contributed by atoms with E-state index in [1.807, 2.05) is 0 Å². The lowest BCUT2D eigenvalue weighted by Crippen LogP contribution is -2.41. The summed E-state index contributed by atoms with van der Waals surface area (Å²) in [4.78, 5) is 70.4. The van der Waals surface area contributed by atoms with E-state index in [0.717, 1.165) is 57.8 Å². The molecule has 6 N–H and O–H groups in total. The second-order valence-corrected chi connectivity index (χ2v) is 13.0. The molecular formula is C39H64N4O13. The van der Waals surface area contributed by atoms with Gasteiger partial charge in [-0.25, -0.2) is 9.59 Å². The fraction of sp³-hybridized carbons (Fsp3) is 0.692. The van der Waals surface area contributed by atoms with E-state index in [4.69, 9.17) is 28.8 Å². The molecule has 0 aliphatic carbocycles. The summed E-state index contributed by atoms with van der Waals surface area (Å²) in [6.07, 6.45) is 9.58. The average Bonchev–Trinajstić information content (AvgIpc) is 3.17. The van der Waals surface area contributed by atoms with E-state index in [2.05, 4.69) is 28.2 Å². The van der Waals surface area contributed by atoms with Crippen LogP contribution in [0.4, 0.5) is 0 Å². The molecule has 56 heavy (non-hydrogen) atoms. The zero-order valence-corrected chi connectivity index (χ0v) is 32.9. The quantitative estimate of drug-likeness (QED) is 0.0532. The largest absolute Gasteiger partial charge is 0.494 e. The number of carboxylic acids is 2. The van der Waals surface area contributed by atoms with E-state index in [0.29, 0.717) is 45.1 Å². The molecule has 0 aliphatic rings. The van der Waals surface area contributed by atoms with Crippen LogP contribution in [0.5, 0.6) is 5.75 Å². The third-order valence-corrected chi connectivity index (χ3v) is 8.16. The third-order valence-electron chi connectivity index (χ3n) is 8.16. The van der Waals surface area contributed by atoms with Crippen LogP contribution in [0.3, 0.4) is 0 Å². The number of benzene rings is 1. The van der Waals surface area contributed by atoms with Crippen LogP contribution in [-0.2, 0) is 42.9 Å². The van der Waals surface area contributed by atoms with Crippen LogP contribution in [-0.4, -0.2) is 131 Å². The number of carbonyl (C=O) groups excluding carboxylic acids is 4. The van der Waals surface area contributed by atoms with Crippen molar-refractivity contribution in [3.8, 4) is 5.75 Å². The van der Waals surface area contributed by atoms with Crippen LogP contribution >= 0.6 is 0 Å². The van der Waals surface area contributed by atoms with Gasteiger partial charge in [0.15, 0.2) is 0 Å². The van der Waals surface area contributed by atoms with Gasteiger partial charge in [-0.2, -0.15) is 0 Å². The zero-order chi connectivity index (χ0) is 41.1. The van der Waals surface area contributed by atoms with Gasteiger partial charge in [0.05, 0.1) is 51.8 Å². The number of unbranched alkanes of at least 4 members (excludes halogenated alkanes) is 8. The third kappa shape index (κ3) is 29.0. The van der Waals surface area contributed by atoms with Gasteiger partial charge in [0.2, 0.25) is 23.6 Å². The minimum Gasteiger partial charge on any atom is -0.494 e. The lowest BCUT2D eigenvalue weighted by molar-refractivity contribution is -0.142. The molecule has 1 aromatic rings. The number of hydrogen-bond donors (Lipinski definition) is 6. The number of carboxylic acid groups (broad SMARTS) is 2. The molecular weight excluding hydrogens is 732 g/mol. The van der Waals surface area contributed by atoms with Crippen LogP contribution in [0.25, 0.3) is 0 Å². The van der Waals surface area contributed by atoms with Crippen molar-refractivity contribution in [1.82, 2.24) is 21.3 Å². The first kappa shape index (κ1) is 49.7. The van der Waals surface area contributed by atoms with Crippen LogP contribution in [0, 0.1) is 0 Å². The fourth-order valence-corrected chi connectivity index (χ4v) is 5.04. The van der Waals surface area contributed by atoms with Gasteiger partial charge in [0, 0.05) is 32.5 Å². The molecule has 0 saturated heterocycles. The second-order valence-electron chi connectivity index (χ2n) is 13.0. The molecule has 1 atom stereocenters. The van der Waals surface area contributed by atoms with Crippen molar-refractivity contribution >= 4 is 35.6 Å². The van der Waals surface area contributed by atoms with Gasteiger partial charge in [0.25, 0.3) is 0 Å². The Morgan fingerprint density at radius 1 is 0.554 bits per heavy atom. The van der Waals surface area contributed by atoms with Crippen LogP contribution in [0.2, 0.25) is 0 Å². The zero-order valence-electron chi connectivity index (χ0n) is 32.9. The highest BCUT2D eigenvalue weighted by atomic mass is 16.5. The summed E-state index contributed by atoms with van der Waals surface area (Å²) >= 11 is 0. The predicted octanol–water partition coefficient (Wildman–Crippen LogP) is 2.84. The first-order valence-corrected chi connectivity index (χ1v) is 19.7. The Labute approximate surface area is 330 Å². The first-order chi connectivity index (χ1) is 27.1. The van der Waals surface area contributed by atoms with E-state index in [1.54, 1.807) is 12.1 Å². The Morgan fingerprint density at radius 3 is 1.66 bits per heavy atom. The standard InChI is InChI=1S/C39H64N4O13/c1-2-3-10-19-40-36(46)29-54-27-26-53-24-21-42-37(47)30-55-28-25-52-23-20-41-34(44)18-17-33(39(50)51)43-35(45)12-9-7-5-4-6-8-11-22-56-32-15-13-31(14-16-32)38(48)49/h13-16,33H,2-12,17-30H2,1H3,(H,40,46)(H,41,44)(H,42,47)(H,43,45)(H,48,49)(H,50,51). The Hall–Kier alpha value is -4.32. The van der Waals surface area contributed by atoms with E-state index in [-0.39, 0.29) is 94.6 Å². The Bertz CT molecular complexity index is 1250. The molecule has 0 spiro atoms. The number of aromatic carboxylic acids is 1. The summed E-state index contributed by atoms with van der Waals surface area (Å²) in [5.74, 6) is -2.71. The van der Waals surface area contributed by atoms with Gasteiger partial charge < -0.3 is 55.2 Å². The summed E-state index contributed by atoms with van der Waals surface area (Å²) in [5.41, 5.74) is 0.217. The van der Waals surface area contributed by atoms with Gasteiger partial charge in [-0.15, -0.1) is 0 Å². The molecule has 0 bridgehead atoms. The summed E-state index contributed by atoms with van der Waals surface area (Å²) in [5, 5.41) is 29.0. The first-order valence-electron chi connectivity index (χ1n) is 19.7. The smallest absolute Gasteiger partial charge is 0.335 e. The molecule has 0 fully saturated rings. The van der Waals surface area contributed by atoms with Gasteiger partial charge >= 0.3 is 11.9 Å². The Balaban J connectivity index is 1.94. The topological polar surface area (TPSA) is 237 Å². The number of carbonyl (C=O) groups is 6. The molecule has 0 saturated carbocycles. The molecule has 0 radical (unpaired) electrons. The Kier molecular flexibility index (Phi) is 30.1. The van der Waals surface area contributed by atoms with Crippen molar-refractivity contribution in [1.29, 1.82) is 0 Å². The molecule has 318 valence electrons. The second kappa shape index (κ2) is 34.0. The summed E-state index contributed by atoms with van der Waals surface area (Å²) in [7, 11) is 0. The van der Waals surface area contributed by atoms with Crippen molar-refractivity contribution < 1.29 is 62.7 Å². The number of aliphatic carboxylic acids is 1. The number of rotatable bonds is 37. The van der Waals surface area contributed by atoms with E-state index < -0.39 is 18.0 Å². The van der Waals surface area contributed by atoms with E-state index in [9.17, 15) is 33.9 Å².